The number of aliphatic carboxylic acids is 1. The zero-order chi connectivity index (χ0) is 9.56. The van der Waals surface area contributed by atoms with E-state index in [1.807, 2.05) is 0 Å². The van der Waals surface area contributed by atoms with Crippen LogP contribution in [0.1, 0.15) is 20.3 Å². The third-order valence-corrected chi connectivity index (χ3v) is 2.64. The minimum Gasteiger partial charge on any atom is -0.480 e. The summed E-state index contributed by atoms with van der Waals surface area (Å²) in [5, 5.41) is 12.0. The monoisotopic (exact) mass is 191 g/mol. The lowest BCUT2D eigenvalue weighted by Crippen LogP contribution is -2.34. The van der Waals surface area contributed by atoms with E-state index in [-0.39, 0.29) is 0 Å². The molecule has 1 atom stereocenters. The van der Waals surface area contributed by atoms with E-state index in [2.05, 4.69) is 19.2 Å². The first-order valence-electron chi connectivity index (χ1n) is 4.09. The summed E-state index contributed by atoms with van der Waals surface area (Å²) in [6.07, 6.45) is 0.689. The van der Waals surface area contributed by atoms with Crippen molar-refractivity contribution in [3.63, 3.8) is 0 Å². The van der Waals surface area contributed by atoms with Crippen LogP contribution in [0.2, 0.25) is 0 Å². The van der Waals surface area contributed by atoms with Gasteiger partial charge < -0.3 is 10.4 Å². The lowest BCUT2D eigenvalue weighted by Gasteiger charge is -2.11. The number of hydrogen-bond donors (Lipinski definition) is 2. The highest BCUT2D eigenvalue weighted by atomic mass is 32.2. The van der Waals surface area contributed by atoms with Crippen molar-refractivity contribution in [2.45, 2.75) is 31.6 Å². The fourth-order valence-electron chi connectivity index (χ4n) is 0.813. The highest BCUT2D eigenvalue weighted by Gasteiger charge is 2.13. The summed E-state index contributed by atoms with van der Waals surface area (Å²) >= 11 is 1.79. The molecule has 12 heavy (non-hydrogen) atoms. The molecular formula is C8H17NO2S. The first-order chi connectivity index (χ1) is 5.57. The van der Waals surface area contributed by atoms with Crippen LogP contribution in [0.4, 0.5) is 0 Å². The Morgan fingerprint density at radius 3 is 2.50 bits per heavy atom. The van der Waals surface area contributed by atoms with Crippen LogP contribution in [0.25, 0.3) is 0 Å². The second kappa shape index (κ2) is 6.31. The maximum absolute atomic E-state index is 10.5. The molecule has 1 unspecified atom stereocenters. The molecule has 72 valence electrons. The van der Waals surface area contributed by atoms with Crippen molar-refractivity contribution in [1.29, 1.82) is 0 Å². The Labute approximate surface area is 77.9 Å². The smallest absolute Gasteiger partial charge is 0.320 e. The molecule has 4 heteroatoms. The van der Waals surface area contributed by atoms with E-state index in [1.165, 1.54) is 0 Å². The van der Waals surface area contributed by atoms with Crippen LogP contribution < -0.4 is 5.32 Å². The topological polar surface area (TPSA) is 49.3 Å². The second-order valence-electron chi connectivity index (χ2n) is 2.89. The Kier molecular flexibility index (Phi) is 6.20. The lowest BCUT2D eigenvalue weighted by molar-refractivity contribution is -0.139. The van der Waals surface area contributed by atoms with Gasteiger partial charge in [-0.1, -0.05) is 13.8 Å². The molecule has 0 aromatic carbocycles. The number of nitrogens with one attached hydrogen (secondary N) is 1. The fourth-order valence-corrected chi connectivity index (χ4v) is 1.66. The lowest BCUT2D eigenvalue weighted by atomic mass is 10.2. The first-order valence-corrected chi connectivity index (χ1v) is 5.14. The van der Waals surface area contributed by atoms with Gasteiger partial charge in [0.25, 0.3) is 0 Å². The first kappa shape index (κ1) is 11.8. The van der Waals surface area contributed by atoms with Gasteiger partial charge in [0.2, 0.25) is 0 Å². The summed E-state index contributed by atoms with van der Waals surface area (Å²) in [5.41, 5.74) is 0. The molecule has 0 saturated heterocycles. The Bertz CT molecular complexity index is 139. The molecule has 3 nitrogen and oxygen atoms in total. The van der Waals surface area contributed by atoms with Crippen molar-refractivity contribution in [2.24, 2.45) is 0 Å². The van der Waals surface area contributed by atoms with E-state index in [0.29, 0.717) is 11.7 Å². The zero-order valence-corrected chi connectivity index (χ0v) is 8.65. The van der Waals surface area contributed by atoms with Gasteiger partial charge in [-0.25, -0.2) is 0 Å². The van der Waals surface area contributed by atoms with Gasteiger partial charge in [-0.05, 0) is 24.5 Å². The van der Waals surface area contributed by atoms with Crippen molar-refractivity contribution in [3.05, 3.63) is 0 Å². The number of rotatable bonds is 6. The predicted octanol–water partition coefficient (Wildman–Crippen LogP) is 1.19. The highest BCUT2D eigenvalue weighted by Crippen LogP contribution is 2.11. The summed E-state index contributed by atoms with van der Waals surface area (Å²) in [4.78, 5) is 10.5. The number of thioether (sulfide) groups is 1. The molecule has 0 spiro atoms. The quantitative estimate of drug-likeness (QED) is 0.662. The molecule has 0 bridgehead atoms. The Hall–Kier alpha value is -0.220. The molecule has 0 fully saturated rings. The average Bonchev–Trinajstić information content (AvgIpc) is 1.96. The van der Waals surface area contributed by atoms with Crippen molar-refractivity contribution < 1.29 is 9.90 Å². The summed E-state index contributed by atoms with van der Waals surface area (Å²) in [6.45, 7) is 4.22. The largest absolute Gasteiger partial charge is 0.480 e. The Morgan fingerprint density at radius 1 is 1.58 bits per heavy atom. The molecule has 0 aliphatic carbocycles. The number of carbonyl (C=O) groups is 1. The van der Waals surface area contributed by atoms with Gasteiger partial charge in [-0.15, -0.1) is 0 Å². The summed E-state index contributed by atoms with van der Waals surface area (Å²) in [6, 6.07) is -0.392. The Balaban J connectivity index is 3.52. The zero-order valence-electron chi connectivity index (χ0n) is 7.83. The highest BCUT2D eigenvalue weighted by molar-refractivity contribution is 7.99. The average molecular weight is 191 g/mol. The molecule has 0 rings (SSSR count). The number of carboxylic acids is 1. The maximum atomic E-state index is 10.5. The van der Waals surface area contributed by atoms with Crippen LogP contribution in [0.5, 0.6) is 0 Å². The summed E-state index contributed by atoms with van der Waals surface area (Å²) in [5.74, 6) is 0.136. The molecule has 0 radical (unpaired) electrons. The molecule has 0 aliphatic heterocycles. The van der Waals surface area contributed by atoms with E-state index in [0.717, 1.165) is 5.75 Å². The van der Waals surface area contributed by atoms with E-state index in [1.54, 1.807) is 18.8 Å². The molecule has 2 N–H and O–H groups in total. The van der Waals surface area contributed by atoms with Gasteiger partial charge in [0, 0.05) is 0 Å². The number of hydrogen-bond acceptors (Lipinski definition) is 3. The summed E-state index contributed by atoms with van der Waals surface area (Å²) < 4.78 is 0. The van der Waals surface area contributed by atoms with Gasteiger partial charge in [0.1, 0.15) is 6.04 Å². The number of likely N-dealkylation sites (N-methyl/N-ethyl adjacent to an activating group) is 1. The Morgan fingerprint density at radius 2 is 2.17 bits per heavy atom. The van der Waals surface area contributed by atoms with Crippen LogP contribution in [0.3, 0.4) is 0 Å². The van der Waals surface area contributed by atoms with E-state index < -0.39 is 12.0 Å². The van der Waals surface area contributed by atoms with Gasteiger partial charge in [0.15, 0.2) is 0 Å². The van der Waals surface area contributed by atoms with Gasteiger partial charge in [-0.2, -0.15) is 11.8 Å². The third kappa shape index (κ3) is 5.43. The molecule has 0 amide bonds. The molecule has 0 heterocycles. The summed E-state index contributed by atoms with van der Waals surface area (Å²) in [7, 11) is 1.68. The van der Waals surface area contributed by atoms with Crippen LogP contribution >= 0.6 is 11.8 Å². The van der Waals surface area contributed by atoms with Crippen molar-refractivity contribution in [3.8, 4) is 0 Å². The van der Waals surface area contributed by atoms with Gasteiger partial charge >= 0.3 is 5.97 Å². The molecule has 0 saturated carbocycles. The predicted molar refractivity (Wildman–Crippen MR) is 52.7 cm³/mol. The molecular weight excluding hydrogens is 174 g/mol. The third-order valence-electron chi connectivity index (χ3n) is 1.50. The number of carboxylic acid groups (broad SMARTS) is 1. The minimum absolute atomic E-state index is 0.392. The van der Waals surface area contributed by atoms with Crippen molar-refractivity contribution >= 4 is 17.7 Å². The van der Waals surface area contributed by atoms with Crippen LogP contribution in [-0.4, -0.2) is 35.2 Å². The second-order valence-corrected chi connectivity index (χ2v) is 4.57. The van der Waals surface area contributed by atoms with E-state index >= 15 is 0 Å². The minimum atomic E-state index is -0.762. The maximum Gasteiger partial charge on any atom is 0.320 e. The van der Waals surface area contributed by atoms with Crippen LogP contribution in [-0.2, 0) is 4.79 Å². The van der Waals surface area contributed by atoms with E-state index in [4.69, 9.17) is 5.11 Å². The normalized spacial score (nSPS) is 13.3. The van der Waals surface area contributed by atoms with Gasteiger partial charge in [0.05, 0.1) is 0 Å². The van der Waals surface area contributed by atoms with Crippen molar-refractivity contribution in [2.75, 3.05) is 12.8 Å². The fraction of sp³-hybridized carbons (Fsp3) is 0.875. The standard InChI is InChI=1S/C8H17NO2S/c1-6(2)12-5-4-7(9-3)8(10)11/h6-7,9H,4-5H2,1-3H3,(H,10,11). The van der Waals surface area contributed by atoms with Gasteiger partial charge in [-0.3, -0.25) is 4.79 Å². The molecule has 0 aliphatic rings. The SMILES string of the molecule is CNC(CCSC(C)C)C(=O)O. The molecule has 0 aromatic heterocycles. The van der Waals surface area contributed by atoms with E-state index in [9.17, 15) is 4.79 Å². The molecule has 0 aromatic rings. The van der Waals surface area contributed by atoms with Crippen molar-refractivity contribution in [1.82, 2.24) is 5.32 Å². The van der Waals surface area contributed by atoms with Crippen LogP contribution in [0.15, 0.2) is 0 Å². The van der Waals surface area contributed by atoms with Crippen LogP contribution in [0, 0.1) is 0 Å².